The molecule has 5 atom stereocenters. The molecule has 0 unspecified atom stereocenters. The highest BCUT2D eigenvalue weighted by Crippen LogP contribution is 2.70. The summed E-state index contributed by atoms with van der Waals surface area (Å²) < 4.78 is 8.36. The van der Waals surface area contributed by atoms with Gasteiger partial charge in [0.1, 0.15) is 0 Å². The van der Waals surface area contributed by atoms with Crippen LogP contribution >= 0.6 is 0 Å². The molecule has 2 heterocycles. The fourth-order valence-electron chi connectivity index (χ4n) is 6.82. The van der Waals surface area contributed by atoms with Crippen molar-refractivity contribution in [3.63, 3.8) is 0 Å². The number of aromatic nitrogens is 2. The maximum absolute atomic E-state index is 12.7. The molecular weight excluding hydrogens is 386 g/mol. The second kappa shape index (κ2) is 7.47. The van der Waals surface area contributed by atoms with Crippen LogP contribution < -0.4 is 5.32 Å². The van der Waals surface area contributed by atoms with E-state index in [1.54, 1.807) is 0 Å². The average Bonchev–Trinajstić information content (AvgIpc) is 3.43. The molecule has 3 fully saturated rings. The first kappa shape index (κ1) is 20.7. The SMILES string of the molecule is CC(C)C(=O)N[C@H]1C(C)(C)[C@@H]2C[C@@H]3[C@@H](c4ccc(Cn5cccn5)cc4)OCC[C@@]31C2. The molecule has 1 amide bonds. The summed E-state index contributed by atoms with van der Waals surface area (Å²) in [6.45, 7) is 10.3. The van der Waals surface area contributed by atoms with Gasteiger partial charge in [-0.25, -0.2) is 0 Å². The smallest absolute Gasteiger partial charge is 0.222 e. The minimum Gasteiger partial charge on any atom is -0.373 e. The molecule has 5 heteroatoms. The molecule has 1 saturated heterocycles. The summed E-state index contributed by atoms with van der Waals surface area (Å²) in [6.07, 6.45) is 7.38. The maximum Gasteiger partial charge on any atom is 0.222 e. The Balaban J connectivity index is 1.40. The van der Waals surface area contributed by atoms with E-state index in [9.17, 15) is 4.79 Å². The second-order valence-electron chi connectivity index (χ2n) is 10.9. The first-order chi connectivity index (χ1) is 14.8. The molecule has 2 aliphatic carbocycles. The van der Waals surface area contributed by atoms with Gasteiger partial charge in [-0.05, 0) is 59.1 Å². The highest BCUT2D eigenvalue weighted by Gasteiger charge is 2.68. The quantitative estimate of drug-likeness (QED) is 0.768. The topological polar surface area (TPSA) is 56.2 Å². The number of rotatable bonds is 5. The van der Waals surface area contributed by atoms with Crippen LogP contribution in [0.1, 0.15) is 64.2 Å². The Morgan fingerprint density at radius 1 is 1.29 bits per heavy atom. The maximum atomic E-state index is 12.7. The fraction of sp³-hybridized carbons (Fsp3) is 0.615. The summed E-state index contributed by atoms with van der Waals surface area (Å²) in [5, 5.41) is 7.80. The standard InChI is InChI=1S/C26H35N3O2/c1-17(2)23(30)28-24-25(3,4)20-14-21-22(31-13-10-26(21,24)15-20)19-8-6-18(7-9-19)16-29-12-5-11-27-29/h5-9,11-12,17,20-22,24H,10,13-16H2,1-4H3,(H,28,30)/t20-,21-,22-,24+,26-/m1/s1. The molecule has 1 spiro atoms. The largest absolute Gasteiger partial charge is 0.373 e. The summed E-state index contributed by atoms with van der Waals surface area (Å²) in [7, 11) is 0. The van der Waals surface area contributed by atoms with Crippen LogP contribution in [0.2, 0.25) is 0 Å². The Morgan fingerprint density at radius 3 is 2.74 bits per heavy atom. The Kier molecular flexibility index (Phi) is 5.00. The van der Waals surface area contributed by atoms with Gasteiger partial charge in [0.15, 0.2) is 0 Å². The molecule has 2 saturated carbocycles. The lowest BCUT2D eigenvalue weighted by atomic mass is 9.58. The molecule has 2 aromatic rings. The van der Waals surface area contributed by atoms with Crippen molar-refractivity contribution in [3.05, 3.63) is 53.9 Å². The monoisotopic (exact) mass is 421 g/mol. The Bertz CT molecular complexity index is 934. The van der Waals surface area contributed by atoms with E-state index in [1.165, 1.54) is 24.0 Å². The molecule has 3 aliphatic rings. The van der Waals surface area contributed by atoms with E-state index in [0.717, 1.165) is 19.6 Å². The normalized spacial score (nSPS) is 33.5. The van der Waals surface area contributed by atoms with E-state index in [-0.39, 0.29) is 34.8 Å². The summed E-state index contributed by atoms with van der Waals surface area (Å²) in [5.74, 6) is 1.31. The molecule has 166 valence electrons. The third-order valence-electron chi connectivity index (χ3n) is 8.53. The fourth-order valence-corrected chi connectivity index (χ4v) is 6.82. The van der Waals surface area contributed by atoms with Gasteiger partial charge in [0.2, 0.25) is 5.91 Å². The summed E-state index contributed by atoms with van der Waals surface area (Å²) >= 11 is 0. The van der Waals surface area contributed by atoms with Crippen LogP contribution in [0.4, 0.5) is 0 Å². The Labute approximate surface area is 185 Å². The van der Waals surface area contributed by atoms with Crippen molar-refractivity contribution in [1.29, 1.82) is 0 Å². The highest BCUT2D eigenvalue weighted by atomic mass is 16.5. The lowest BCUT2D eigenvalue weighted by Crippen LogP contribution is -2.59. The van der Waals surface area contributed by atoms with E-state index in [1.807, 2.05) is 37.0 Å². The highest BCUT2D eigenvalue weighted by molar-refractivity contribution is 5.78. The number of amides is 1. The zero-order chi connectivity index (χ0) is 21.8. The van der Waals surface area contributed by atoms with Crippen molar-refractivity contribution in [3.8, 4) is 0 Å². The van der Waals surface area contributed by atoms with E-state index in [0.29, 0.717) is 11.8 Å². The predicted molar refractivity (Wildman–Crippen MR) is 120 cm³/mol. The van der Waals surface area contributed by atoms with Gasteiger partial charge in [0, 0.05) is 31.0 Å². The third kappa shape index (κ3) is 3.32. The molecule has 1 aliphatic heterocycles. The van der Waals surface area contributed by atoms with Crippen molar-refractivity contribution in [1.82, 2.24) is 15.1 Å². The van der Waals surface area contributed by atoms with E-state index in [4.69, 9.17) is 4.74 Å². The van der Waals surface area contributed by atoms with Crippen LogP contribution in [-0.2, 0) is 16.1 Å². The van der Waals surface area contributed by atoms with Gasteiger partial charge in [0.25, 0.3) is 0 Å². The van der Waals surface area contributed by atoms with Gasteiger partial charge < -0.3 is 10.1 Å². The lowest BCUT2D eigenvalue weighted by molar-refractivity contribution is -0.139. The van der Waals surface area contributed by atoms with Crippen molar-refractivity contribution in [2.24, 2.45) is 28.6 Å². The average molecular weight is 422 g/mol. The zero-order valence-corrected chi connectivity index (χ0v) is 19.2. The van der Waals surface area contributed by atoms with Crippen molar-refractivity contribution in [2.75, 3.05) is 6.61 Å². The summed E-state index contributed by atoms with van der Waals surface area (Å²) in [5.41, 5.74) is 2.80. The van der Waals surface area contributed by atoms with Crippen molar-refractivity contribution < 1.29 is 9.53 Å². The number of carbonyl (C=O) groups excluding carboxylic acids is 1. The van der Waals surface area contributed by atoms with Crippen molar-refractivity contribution in [2.45, 2.75) is 65.6 Å². The number of hydrogen-bond donors (Lipinski definition) is 1. The number of hydrogen-bond acceptors (Lipinski definition) is 3. The molecular formula is C26H35N3O2. The molecule has 1 aromatic carbocycles. The molecule has 0 radical (unpaired) electrons. The number of carbonyl (C=O) groups is 1. The molecule has 5 nitrogen and oxygen atoms in total. The summed E-state index contributed by atoms with van der Waals surface area (Å²) in [6, 6.07) is 11.1. The lowest BCUT2D eigenvalue weighted by Gasteiger charge is -2.53. The number of nitrogens with zero attached hydrogens (tertiary/aromatic N) is 2. The third-order valence-corrected chi connectivity index (χ3v) is 8.53. The molecule has 1 aromatic heterocycles. The van der Waals surface area contributed by atoms with Gasteiger partial charge >= 0.3 is 0 Å². The number of benzene rings is 1. The van der Waals surface area contributed by atoms with Crippen LogP contribution in [0.3, 0.4) is 0 Å². The van der Waals surface area contributed by atoms with Crippen LogP contribution in [0.5, 0.6) is 0 Å². The van der Waals surface area contributed by atoms with E-state index < -0.39 is 0 Å². The van der Waals surface area contributed by atoms with Gasteiger partial charge in [-0.1, -0.05) is 52.0 Å². The van der Waals surface area contributed by atoms with Gasteiger partial charge in [-0.3, -0.25) is 9.48 Å². The van der Waals surface area contributed by atoms with Gasteiger partial charge in [0.05, 0.1) is 12.6 Å². The van der Waals surface area contributed by atoms with E-state index >= 15 is 0 Å². The predicted octanol–water partition coefficient (Wildman–Crippen LogP) is 4.59. The minimum absolute atomic E-state index is 0.0164. The van der Waals surface area contributed by atoms with Crippen LogP contribution in [0, 0.1) is 28.6 Å². The minimum atomic E-state index is 0.0164. The number of ether oxygens (including phenoxy) is 1. The second-order valence-corrected chi connectivity index (χ2v) is 10.9. The van der Waals surface area contributed by atoms with Gasteiger partial charge in [-0.2, -0.15) is 5.10 Å². The van der Waals surface area contributed by atoms with Crippen molar-refractivity contribution >= 4 is 5.91 Å². The molecule has 1 N–H and O–H groups in total. The van der Waals surface area contributed by atoms with Gasteiger partial charge in [-0.15, -0.1) is 0 Å². The molecule has 31 heavy (non-hydrogen) atoms. The molecule has 2 bridgehead atoms. The summed E-state index contributed by atoms with van der Waals surface area (Å²) in [4.78, 5) is 12.7. The number of fused-ring (bicyclic) bond motifs is 1. The van der Waals surface area contributed by atoms with E-state index in [2.05, 4.69) is 48.5 Å². The van der Waals surface area contributed by atoms with Crippen LogP contribution in [-0.4, -0.2) is 28.3 Å². The molecule has 5 rings (SSSR count). The van der Waals surface area contributed by atoms with Crippen LogP contribution in [0.25, 0.3) is 0 Å². The number of nitrogens with one attached hydrogen (secondary N) is 1. The Morgan fingerprint density at radius 2 is 2.06 bits per heavy atom. The Hall–Kier alpha value is -2.14. The first-order valence-electron chi connectivity index (χ1n) is 11.8. The van der Waals surface area contributed by atoms with Crippen LogP contribution in [0.15, 0.2) is 42.7 Å². The zero-order valence-electron chi connectivity index (χ0n) is 19.2. The first-order valence-corrected chi connectivity index (χ1v) is 11.8.